The van der Waals surface area contributed by atoms with Crippen LogP contribution in [0.1, 0.15) is 24.4 Å². The summed E-state index contributed by atoms with van der Waals surface area (Å²) in [5.41, 5.74) is 4.55. The molecule has 1 aromatic carbocycles. The van der Waals surface area contributed by atoms with Crippen LogP contribution in [-0.4, -0.2) is 57.7 Å². The highest BCUT2D eigenvalue weighted by Crippen LogP contribution is 2.30. The number of nitrogens with one attached hydrogen (secondary N) is 1. The van der Waals surface area contributed by atoms with Gasteiger partial charge in [-0.25, -0.2) is 15.0 Å². The SMILES string of the molecule is CC(Nc1ncnc2scnc12)c1cc2cccc(Cl)c2c(CCN2CCOCC2)n1. The second kappa shape index (κ2) is 9.00. The van der Waals surface area contributed by atoms with E-state index < -0.39 is 0 Å². The van der Waals surface area contributed by atoms with Crippen molar-refractivity contribution in [2.45, 2.75) is 19.4 Å². The minimum atomic E-state index is -0.0506. The number of pyridine rings is 1. The minimum Gasteiger partial charge on any atom is -0.379 e. The van der Waals surface area contributed by atoms with E-state index in [1.54, 1.807) is 11.8 Å². The van der Waals surface area contributed by atoms with Crippen molar-refractivity contribution in [2.75, 3.05) is 38.2 Å². The van der Waals surface area contributed by atoms with Crippen molar-refractivity contribution in [2.24, 2.45) is 0 Å². The van der Waals surface area contributed by atoms with Gasteiger partial charge in [-0.1, -0.05) is 23.7 Å². The molecule has 4 heterocycles. The standard InChI is InChI=1S/C22H23ClN6OS/c1-14(27-21-20-22(25-12-24-21)31-13-26-20)18-11-15-3-2-4-16(23)19(15)17(28-18)5-6-29-7-9-30-10-8-29/h2-4,11-14H,5-10H2,1H3,(H,24,25,27). The number of halogens is 1. The van der Waals surface area contributed by atoms with Crippen LogP contribution >= 0.6 is 22.9 Å². The fourth-order valence-corrected chi connectivity index (χ4v) is 4.86. The molecule has 1 fully saturated rings. The molecule has 0 radical (unpaired) electrons. The smallest absolute Gasteiger partial charge is 0.157 e. The fourth-order valence-electron chi connectivity index (χ4n) is 3.94. The fraction of sp³-hybridized carbons (Fsp3) is 0.364. The summed E-state index contributed by atoms with van der Waals surface area (Å²) < 4.78 is 5.47. The number of ether oxygens (including phenoxy) is 1. The Morgan fingerprint density at radius 3 is 2.97 bits per heavy atom. The molecule has 1 atom stereocenters. The molecule has 0 amide bonds. The quantitative estimate of drug-likeness (QED) is 0.464. The number of nitrogens with zero attached hydrogens (tertiary/aromatic N) is 5. The normalized spacial score (nSPS) is 16.1. The van der Waals surface area contributed by atoms with Crippen molar-refractivity contribution < 1.29 is 4.74 Å². The van der Waals surface area contributed by atoms with Crippen LogP contribution in [0.25, 0.3) is 21.1 Å². The maximum Gasteiger partial charge on any atom is 0.157 e. The van der Waals surface area contributed by atoms with Crippen LogP contribution in [0.3, 0.4) is 0 Å². The van der Waals surface area contributed by atoms with Gasteiger partial charge >= 0.3 is 0 Å². The van der Waals surface area contributed by atoms with Gasteiger partial charge in [0.1, 0.15) is 16.7 Å². The molecule has 4 aromatic rings. The number of hydrogen-bond donors (Lipinski definition) is 1. The molecule has 1 N–H and O–H groups in total. The number of morpholine rings is 1. The maximum absolute atomic E-state index is 6.58. The van der Waals surface area contributed by atoms with Crippen LogP contribution in [0.2, 0.25) is 5.02 Å². The van der Waals surface area contributed by atoms with Gasteiger partial charge in [0, 0.05) is 31.4 Å². The van der Waals surface area contributed by atoms with Gasteiger partial charge in [0.25, 0.3) is 0 Å². The van der Waals surface area contributed by atoms with Gasteiger partial charge in [-0.2, -0.15) is 0 Å². The molecule has 0 saturated carbocycles. The van der Waals surface area contributed by atoms with Crippen molar-refractivity contribution in [3.05, 3.63) is 52.5 Å². The molecular formula is C22H23ClN6OS. The van der Waals surface area contributed by atoms with Crippen LogP contribution in [0, 0.1) is 0 Å². The highest BCUT2D eigenvalue weighted by atomic mass is 35.5. The molecule has 1 saturated heterocycles. The van der Waals surface area contributed by atoms with Gasteiger partial charge in [-0.3, -0.25) is 9.88 Å². The summed E-state index contributed by atoms with van der Waals surface area (Å²) in [5.74, 6) is 0.724. The van der Waals surface area contributed by atoms with E-state index in [0.717, 1.165) is 82.6 Å². The molecule has 1 unspecified atom stereocenters. The number of hydrogen-bond acceptors (Lipinski definition) is 8. The number of benzene rings is 1. The third-order valence-electron chi connectivity index (χ3n) is 5.60. The van der Waals surface area contributed by atoms with Crippen molar-refractivity contribution in [1.82, 2.24) is 24.8 Å². The zero-order valence-corrected chi connectivity index (χ0v) is 18.8. The van der Waals surface area contributed by atoms with Crippen molar-refractivity contribution in [1.29, 1.82) is 0 Å². The first kappa shape index (κ1) is 20.5. The molecule has 9 heteroatoms. The molecule has 5 rings (SSSR count). The second-order valence-electron chi connectivity index (χ2n) is 7.63. The Balaban J connectivity index is 1.46. The third-order valence-corrected chi connectivity index (χ3v) is 6.65. The number of anilines is 1. The highest BCUT2D eigenvalue weighted by Gasteiger charge is 2.17. The number of fused-ring (bicyclic) bond motifs is 2. The van der Waals surface area contributed by atoms with Gasteiger partial charge in [0.15, 0.2) is 5.82 Å². The van der Waals surface area contributed by atoms with Crippen molar-refractivity contribution in [3.8, 4) is 0 Å². The Bertz CT molecular complexity index is 1210. The Labute approximate surface area is 189 Å². The first-order valence-corrected chi connectivity index (χ1v) is 11.6. The highest BCUT2D eigenvalue weighted by molar-refractivity contribution is 7.16. The van der Waals surface area contributed by atoms with E-state index in [2.05, 4.69) is 44.2 Å². The first-order valence-electron chi connectivity index (χ1n) is 10.4. The molecule has 7 nitrogen and oxygen atoms in total. The number of thiazole rings is 1. The van der Waals surface area contributed by atoms with Crippen LogP contribution in [0.15, 0.2) is 36.1 Å². The van der Waals surface area contributed by atoms with Crippen molar-refractivity contribution >= 4 is 49.9 Å². The Morgan fingerprint density at radius 1 is 1.23 bits per heavy atom. The Hall–Kier alpha value is -2.39. The Morgan fingerprint density at radius 2 is 2.10 bits per heavy atom. The third kappa shape index (κ3) is 4.34. The van der Waals surface area contributed by atoms with Gasteiger partial charge in [0.2, 0.25) is 0 Å². The summed E-state index contributed by atoms with van der Waals surface area (Å²) in [6, 6.07) is 8.08. The number of rotatable bonds is 6. The zero-order chi connectivity index (χ0) is 21.2. The first-order chi connectivity index (χ1) is 15.2. The average molecular weight is 455 g/mol. The molecule has 160 valence electrons. The largest absolute Gasteiger partial charge is 0.379 e. The lowest BCUT2D eigenvalue weighted by atomic mass is 10.0. The van der Waals surface area contributed by atoms with Crippen LogP contribution in [-0.2, 0) is 11.2 Å². The molecule has 0 spiro atoms. The van der Waals surface area contributed by atoms with Gasteiger partial charge < -0.3 is 10.1 Å². The maximum atomic E-state index is 6.58. The molecule has 0 aliphatic carbocycles. The van der Waals surface area contributed by atoms with Crippen LogP contribution in [0.5, 0.6) is 0 Å². The van der Waals surface area contributed by atoms with Gasteiger partial charge in [0.05, 0.1) is 41.2 Å². The predicted molar refractivity (Wildman–Crippen MR) is 125 cm³/mol. The average Bonchev–Trinajstić information content (AvgIpc) is 3.28. The van der Waals surface area contributed by atoms with Crippen molar-refractivity contribution in [3.63, 3.8) is 0 Å². The van der Waals surface area contributed by atoms with E-state index in [1.165, 1.54) is 11.3 Å². The summed E-state index contributed by atoms with van der Waals surface area (Å²) in [5, 5.41) is 6.36. The monoisotopic (exact) mass is 454 g/mol. The lowest BCUT2D eigenvalue weighted by Crippen LogP contribution is -2.37. The van der Waals surface area contributed by atoms with E-state index in [9.17, 15) is 0 Å². The number of aromatic nitrogens is 4. The summed E-state index contributed by atoms with van der Waals surface area (Å²) in [4.78, 5) is 21.4. The molecular weight excluding hydrogens is 432 g/mol. The lowest BCUT2D eigenvalue weighted by molar-refractivity contribution is 0.0384. The van der Waals surface area contributed by atoms with E-state index >= 15 is 0 Å². The van der Waals surface area contributed by atoms with E-state index in [0.29, 0.717) is 0 Å². The van der Waals surface area contributed by atoms with E-state index in [4.69, 9.17) is 21.3 Å². The minimum absolute atomic E-state index is 0.0506. The van der Waals surface area contributed by atoms with Gasteiger partial charge in [-0.15, -0.1) is 11.3 Å². The molecule has 0 bridgehead atoms. The van der Waals surface area contributed by atoms with Crippen LogP contribution in [0.4, 0.5) is 5.82 Å². The summed E-state index contributed by atoms with van der Waals surface area (Å²) >= 11 is 8.09. The molecule has 3 aromatic heterocycles. The molecule has 31 heavy (non-hydrogen) atoms. The summed E-state index contributed by atoms with van der Waals surface area (Å²) in [7, 11) is 0. The summed E-state index contributed by atoms with van der Waals surface area (Å²) in [6.07, 6.45) is 2.40. The molecule has 1 aliphatic heterocycles. The zero-order valence-electron chi connectivity index (χ0n) is 17.2. The predicted octanol–water partition coefficient (Wildman–Crippen LogP) is 4.34. The van der Waals surface area contributed by atoms with Gasteiger partial charge in [-0.05, 0) is 24.4 Å². The molecule has 1 aliphatic rings. The lowest BCUT2D eigenvalue weighted by Gasteiger charge is -2.26. The second-order valence-corrected chi connectivity index (χ2v) is 8.87. The van der Waals surface area contributed by atoms with E-state index in [1.807, 2.05) is 12.1 Å². The summed E-state index contributed by atoms with van der Waals surface area (Å²) in [6.45, 7) is 6.53. The van der Waals surface area contributed by atoms with Crippen LogP contribution < -0.4 is 5.32 Å². The topological polar surface area (TPSA) is 76.1 Å². The van der Waals surface area contributed by atoms with E-state index in [-0.39, 0.29) is 6.04 Å². The Kier molecular flexibility index (Phi) is 5.95.